The molecular weight excluding hydrogens is 374 g/mol. The Morgan fingerprint density at radius 2 is 2.14 bits per heavy atom. The van der Waals surface area contributed by atoms with Crippen LogP contribution < -0.4 is 10.5 Å². The number of hydrogen-bond donors (Lipinski definition) is 2. The summed E-state index contributed by atoms with van der Waals surface area (Å²) in [5.41, 5.74) is 6.76. The van der Waals surface area contributed by atoms with Crippen LogP contribution in [0.2, 0.25) is 0 Å². The summed E-state index contributed by atoms with van der Waals surface area (Å²) in [6.45, 7) is 1.63. The highest BCUT2D eigenvalue weighted by atomic mass is 32.1. The summed E-state index contributed by atoms with van der Waals surface area (Å²) in [7, 11) is 1.54. The number of fused-ring (bicyclic) bond motifs is 1. The van der Waals surface area contributed by atoms with Gasteiger partial charge in [0.25, 0.3) is 0 Å². The molecule has 0 fully saturated rings. The van der Waals surface area contributed by atoms with Gasteiger partial charge in [-0.15, -0.1) is 11.3 Å². The van der Waals surface area contributed by atoms with Gasteiger partial charge in [0, 0.05) is 29.0 Å². The number of hydrogen-bond acceptors (Lipinski definition) is 7. The van der Waals surface area contributed by atoms with E-state index in [2.05, 4.69) is 26.8 Å². The zero-order valence-electron chi connectivity index (χ0n) is 15.2. The van der Waals surface area contributed by atoms with Gasteiger partial charge in [-0.25, -0.2) is 4.98 Å². The molecule has 0 saturated heterocycles. The second kappa shape index (κ2) is 6.96. The van der Waals surface area contributed by atoms with Crippen LogP contribution in [0.15, 0.2) is 48.1 Å². The van der Waals surface area contributed by atoms with Gasteiger partial charge in [0.1, 0.15) is 5.01 Å². The zero-order chi connectivity index (χ0) is 19.7. The van der Waals surface area contributed by atoms with Crippen LogP contribution >= 0.6 is 11.3 Å². The average Bonchev–Trinajstić information content (AvgIpc) is 3.36. The highest BCUT2D eigenvalue weighted by molar-refractivity contribution is 7.09. The van der Waals surface area contributed by atoms with Gasteiger partial charge in [-0.3, -0.25) is 0 Å². The molecule has 4 aromatic rings. The number of benzene rings is 1. The minimum absolute atomic E-state index is 0.139. The van der Waals surface area contributed by atoms with Crippen LogP contribution in [0.3, 0.4) is 0 Å². The lowest BCUT2D eigenvalue weighted by molar-refractivity contribution is 0.122. The molecule has 0 aliphatic heterocycles. The van der Waals surface area contributed by atoms with Crippen molar-refractivity contribution in [3.8, 4) is 23.4 Å². The van der Waals surface area contributed by atoms with E-state index in [1.54, 1.807) is 20.2 Å². The monoisotopic (exact) mass is 391 g/mol. The topological polar surface area (TPSA) is 99.1 Å². The van der Waals surface area contributed by atoms with Gasteiger partial charge < -0.3 is 20.1 Å². The van der Waals surface area contributed by atoms with E-state index >= 15 is 0 Å². The number of nitrogens with two attached hydrogens (primary N) is 1. The Labute approximate surface area is 165 Å². The lowest BCUT2D eigenvalue weighted by Gasteiger charge is -2.12. The third-order valence-electron chi connectivity index (χ3n) is 4.14. The first-order valence-corrected chi connectivity index (χ1v) is 9.30. The summed E-state index contributed by atoms with van der Waals surface area (Å²) in [6, 6.07) is 9.50. The highest BCUT2D eigenvalue weighted by Crippen LogP contribution is 2.27. The molecule has 4 rings (SSSR count). The largest absolute Gasteiger partial charge is 0.480 e. The van der Waals surface area contributed by atoms with E-state index in [1.807, 2.05) is 46.5 Å². The molecule has 0 amide bonds. The summed E-state index contributed by atoms with van der Waals surface area (Å²) in [4.78, 5) is 12.6. The Hall–Kier alpha value is -3.41. The molecule has 1 aromatic carbocycles. The van der Waals surface area contributed by atoms with Crippen molar-refractivity contribution in [1.82, 2.24) is 19.5 Å². The van der Waals surface area contributed by atoms with E-state index in [9.17, 15) is 5.11 Å². The number of aromatic nitrogens is 4. The van der Waals surface area contributed by atoms with Crippen LogP contribution in [0.5, 0.6) is 5.88 Å². The van der Waals surface area contributed by atoms with Gasteiger partial charge in [0.15, 0.2) is 11.2 Å². The number of nitrogens with zero attached hydrogens (tertiary/aromatic N) is 4. The summed E-state index contributed by atoms with van der Waals surface area (Å²) in [5, 5.41) is 13.7. The number of aliphatic hydroxyl groups is 1. The van der Waals surface area contributed by atoms with Gasteiger partial charge >= 0.3 is 0 Å². The SMILES string of the molecule is COc1nc(N)nc2c1ccn2-c1cccc(C#CC(C)(O)c2nccs2)c1. The molecule has 3 aromatic heterocycles. The molecule has 1 unspecified atom stereocenters. The summed E-state index contributed by atoms with van der Waals surface area (Å²) < 4.78 is 7.18. The smallest absolute Gasteiger partial charge is 0.227 e. The molecule has 0 saturated carbocycles. The molecule has 140 valence electrons. The van der Waals surface area contributed by atoms with Gasteiger partial charge in [0.05, 0.1) is 12.5 Å². The van der Waals surface area contributed by atoms with Crippen molar-refractivity contribution < 1.29 is 9.84 Å². The molecule has 3 heterocycles. The molecule has 0 aliphatic carbocycles. The molecule has 0 bridgehead atoms. The Balaban J connectivity index is 1.74. The minimum atomic E-state index is -1.31. The van der Waals surface area contributed by atoms with Gasteiger partial charge in [0.2, 0.25) is 11.8 Å². The Kier molecular flexibility index (Phi) is 4.47. The van der Waals surface area contributed by atoms with E-state index < -0.39 is 5.60 Å². The maximum absolute atomic E-state index is 10.5. The summed E-state index contributed by atoms with van der Waals surface area (Å²) >= 11 is 1.37. The molecule has 0 aliphatic rings. The summed E-state index contributed by atoms with van der Waals surface area (Å²) in [5.74, 6) is 6.49. The van der Waals surface area contributed by atoms with Crippen molar-refractivity contribution in [3.05, 3.63) is 58.7 Å². The van der Waals surface area contributed by atoms with Crippen LogP contribution in [-0.4, -0.2) is 31.7 Å². The third-order valence-corrected chi connectivity index (χ3v) is 5.13. The maximum atomic E-state index is 10.5. The molecule has 1 atom stereocenters. The van der Waals surface area contributed by atoms with Crippen LogP contribution in [0.4, 0.5) is 5.95 Å². The van der Waals surface area contributed by atoms with Crippen molar-refractivity contribution in [3.63, 3.8) is 0 Å². The van der Waals surface area contributed by atoms with Crippen molar-refractivity contribution >= 4 is 28.3 Å². The van der Waals surface area contributed by atoms with E-state index in [4.69, 9.17) is 10.5 Å². The quantitative estimate of drug-likeness (QED) is 0.521. The van der Waals surface area contributed by atoms with Crippen molar-refractivity contribution in [2.24, 2.45) is 0 Å². The summed E-state index contributed by atoms with van der Waals surface area (Å²) in [6.07, 6.45) is 3.52. The predicted octanol–water partition coefficient (Wildman–Crippen LogP) is 2.73. The van der Waals surface area contributed by atoms with Crippen molar-refractivity contribution in [2.75, 3.05) is 12.8 Å². The number of ether oxygens (including phenoxy) is 1. The van der Waals surface area contributed by atoms with E-state index in [1.165, 1.54) is 11.3 Å². The van der Waals surface area contributed by atoms with Crippen LogP contribution in [0.1, 0.15) is 17.5 Å². The minimum Gasteiger partial charge on any atom is -0.480 e. The standard InChI is InChI=1S/C20H17N5O2S/c1-20(26,18-22-9-11-28-18)8-6-13-4-3-5-14(12-13)25-10-7-15-16(25)23-19(21)24-17(15)27-2/h3-5,7,9-12,26H,1-2H3,(H2,21,23,24). The van der Waals surface area contributed by atoms with E-state index in [0.29, 0.717) is 16.5 Å². The van der Waals surface area contributed by atoms with E-state index in [-0.39, 0.29) is 5.95 Å². The zero-order valence-corrected chi connectivity index (χ0v) is 16.1. The van der Waals surface area contributed by atoms with E-state index in [0.717, 1.165) is 16.6 Å². The maximum Gasteiger partial charge on any atom is 0.227 e. The molecule has 3 N–H and O–H groups in total. The first-order chi connectivity index (χ1) is 13.5. The number of rotatable bonds is 3. The Morgan fingerprint density at radius 3 is 2.89 bits per heavy atom. The second-order valence-corrected chi connectivity index (χ2v) is 7.12. The lowest BCUT2D eigenvalue weighted by atomic mass is 10.1. The number of methoxy groups -OCH3 is 1. The average molecular weight is 391 g/mol. The fourth-order valence-electron chi connectivity index (χ4n) is 2.81. The molecule has 7 nitrogen and oxygen atoms in total. The van der Waals surface area contributed by atoms with Crippen LogP contribution in [-0.2, 0) is 5.60 Å². The van der Waals surface area contributed by atoms with Gasteiger partial charge in [-0.1, -0.05) is 17.9 Å². The molecule has 0 spiro atoms. The molecule has 8 heteroatoms. The molecular formula is C20H17N5O2S. The van der Waals surface area contributed by atoms with Crippen molar-refractivity contribution in [2.45, 2.75) is 12.5 Å². The predicted molar refractivity (Wildman–Crippen MR) is 108 cm³/mol. The Morgan fingerprint density at radius 1 is 1.29 bits per heavy atom. The highest BCUT2D eigenvalue weighted by Gasteiger charge is 2.22. The number of anilines is 1. The fraction of sp³-hybridized carbons (Fsp3) is 0.150. The van der Waals surface area contributed by atoms with Gasteiger partial charge in [-0.05, 0) is 31.2 Å². The molecule has 0 radical (unpaired) electrons. The first kappa shape index (κ1) is 18.0. The van der Waals surface area contributed by atoms with Gasteiger partial charge in [-0.2, -0.15) is 9.97 Å². The third kappa shape index (κ3) is 3.29. The Bertz CT molecular complexity index is 1200. The molecule has 28 heavy (non-hydrogen) atoms. The van der Waals surface area contributed by atoms with Crippen LogP contribution in [0, 0.1) is 11.8 Å². The van der Waals surface area contributed by atoms with Crippen LogP contribution in [0.25, 0.3) is 16.7 Å². The fourth-order valence-corrected chi connectivity index (χ4v) is 3.46. The number of thiazole rings is 1. The first-order valence-electron chi connectivity index (χ1n) is 8.42. The normalized spacial score (nSPS) is 13.0. The second-order valence-electron chi connectivity index (χ2n) is 6.22. The lowest BCUT2D eigenvalue weighted by Crippen LogP contribution is -2.17. The van der Waals surface area contributed by atoms with Crippen molar-refractivity contribution in [1.29, 1.82) is 0 Å². The number of nitrogen functional groups attached to an aromatic ring is 1.